The van der Waals surface area contributed by atoms with Gasteiger partial charge in [-0.25, -0.2) is 4.98 Å². The summed E-state index contributed by atoms with van der Waals surface area (Å²) in [6.07, 6.45) is 1.68. The lowest BCUT2D eigenvalue weighted by molar-refractivity contribution is 0.118. The maximum atomic E-state index is 10.6. The highest BCUT2D eigenvalue weighted by Crippen LogP contribution is 2.36. The van der Waals surface area contributed by atoms with Crippen molar-refractivity contribution in [2.24, 2.45) is 0 Å². The predicted octanol–water partition coefficient (Wildman–Crippen LogP) is 2.97. The van der Waals surface area contributed by atoms with E-state index in [1.54, 1.807) is 25.6 Å². The molecule has 6 heteroatoms. The van der Waals surface area contributed by atoms with Gasteiger partial charge in [-0.1, -0.05) is 12.1 Å². The molecule has 1 heterocycles. The highest BCUT2D eigenvalue weighted by molar-refractivity contribution is 7.18. The standard InChI is InChI=1S/C21H24N2O3S/c1-25-18-7-8-19(26-2)14-12-17(24)16(11-13(14)18)22-10-9-21-23-15-5-3-4-6-20(15)27-21/h3-8,16-17,22,24H,9-12H2,1-2H3. The van der Waals surface area contributed by atoms with Crippen LogP contribution in [0.4, 0.5) is 0 Å². The number of aliphatic hydroxyl groups is 1. The highest BCUT2D eigenvalue weighted by Gasteiger charge is 2.30. The van der Waals surface area contributed by atoms with Crippen molar-refractivity contribution in [1.82, 2.24) is 10.3 Å². The first kappa shape index (κ1) is 18.2. The van der Waals surface area contributed by atoms with Crippen LogP contribution in [0.3, 0.4) is 0 Å². The van der Waals surface area contributed by atoms with Crippen molar-refractivity contribution in [3.8, 4) is 11.5 Å². The number of thiazole rings is 1. The largest absolute Gasteiger partial charge is 0.496 e. The molecular formula is C21H24N2O3S. The van der Waals surface area contributed by atoms with E-state index in [1.165, 1.54) is 4.70 Å². The van der Waals surface area contributed by atoms with Crippen LogP contribution >= 0.6 is 11.3 Å². The van der Waals surface area contributed by atoms with E-state index in [1.807, 2.05) is 30.3 Å². The lowest BCUT2D eigenvalue weighted by Crippen LogP contribution is -2.46. The van der Waals surface area contributed by atoms with Crippen molar-refractivity contribution in [2.45, 2.75) is 31.4 Å². The highest BCUT2D eigenvalue weighted by atomic mass is 32.1. The van der Waals surface area contributed by atoms with Crippen molar-refractivity contribution in [3.05, 3.63) is 52.5 Å². The maximum absolute atomic E-state index is 10.6. The molecule has 1 aliphatic rings. The number of aliphatic hydroxyl groups excluding tert-OH is 1. The topological polar surface area (TPSA) is 63.6 Å². The summed E-state index contributed by atoms with van der Waals surface area (Å²) in [5, 5.41) is 15.3. The minimum atomic E-state index is -0.450. The zero-order chi connectivity index (χ0) is 18.8. The van der Waals surface area contributed by atoms with E-state index in [-0.39, 0.29) is 6.04 Å². The average Bonchev–Trinajstić information content (AvgIpc) is 3.10. The van der Waals surface area contributed by atoms with Gasteiger partial charge in [0.1, 0.15) is 11.5 Å². The number of para-hydroxylation sites is 1. The number of rotatable bonds is 6. The monoisotopic (exact) mass is 384 g/mol. The maximum Gasteiger partial charge on any atom is 0.122 e. The van der Waals surface area contributed by atoms with Gasteiger partial charge in [0.25, 0.3) is 0 Å². The molecule has 0 bridgehead atoms. The molecule has 2 N–H and O–H groups in total. The van der Waals surface area contributed by atoms with Gasteiger partial charge in [0.05, 0.1) is 35.5 Å². The second-order valence-electron chi connectivity index (χ2n) is 6.79. The van der Waals surface area contributed by atoms with Gasteiger partial charge in [0.2, 0.25) is 0 Å². The van der Waals surface area contributed by atoms with Crippen molar-refractivity contribution < 1.29 is 14.6 Å². The lowest BCUT2D eigenvalue weighted by Gasteiger charge is -2.32. The third-order valence-electron chi connectivity index (χ3n) is 5.17. The first-order chi connectivity index (χ1) is 13.2. The van der Waals surface area contributed by atoms with Gasteiger partial charge in [0.15, 0.2) is 0 Å². The Balaban J connectivity index is 1.44. The Hall–Kier alpha value is -2.15. The summed E-state index contributed by atoms with van der Waals surface area (Å²) >= 11 is 1.73. The Bertz CT molecular complexity index is 907. The van der Waals surface area contributed by atoms with Gasteiger partial charge < -0.3 is 19.9 Å². The third-order valence-corrected chi connectivity index (χ3v) is 6.27. The molecule has 2 atom stereocenters. The van der Waals surface area contributed by atoms with Crippen LogP contribution in [-0.4, -0.2) is 43.0 Å². The molecule has 1 aliphatic carbocycles. The van der Waals surface area contributed by atoms with Gasteiger partial charge in [-0.3, -0.25) is 0 Å². The van der Waals surface area contributed by atoms with Crippen LogP contribution in [0.5, 0.6) is 11.5 Å². The molecule has 4 rings (SSSR count). The number of benzene rings is 2. The minimum Gasteiger partial charge on any atom is -0.496 e. The summed E-state index contributed by atoms with van der Waals surface area (Å²) in [6, 6.07) is 12.0. The molecule has 0 radical (unpaired) electrons. The van der Waals surface area contributed by atoms with E-state index >= 15 is 0 Å². The molecule has 0 saturated heterocycles. The first-order valence-electron chi connectivity index (χ1n) is 9.18. The number of ether oxygens (including phenoxy) is 2. The molecule has 0 spiro atoms. The third kappa shape index (κ3) is 3.65. The number of aromatic nitrogens is 1. The molecular weight excluding hydrogens is 360 g/mol. The molecule has 5 nitrogen and oxygen atoms in total. The second-order valence-corrected chi connectivity index (χ2v) is 7.90. The van der Waals surface area contributed by atoms with Crippen LogP contribution in [0.2, 0.25) is 0 Å². The van der Waals surface area contributed by atoms with Crippen LogP contribution in [0.1, 0.15) is 16.1 Å². The Morgan fingerprint density at radius 3 is 2.48 bits per heavy atom. The normalized spacial score (nSPS) is 19.1. The number of hydrogen-bond donors (Lipinski definition) is 2. The van der Waals surface area contributed by atoms with Crippen LogP contribution in [0.25, 0.3) is 10.2 Å². The average molecular weight is 385 g/mol. The lowest BCUT2D eigenvalue weighted by atomic mass is 9.85. The molecule has 3 aromatic rings. The van der Waals surface area contributed by atoms with Gasteiger partial charge in [-0.15, -0.1) is 11.3 Å². The summed E-state index contributed by atoms with van der Waals surface area (Å²) in [4.78, 5) is 4.68. The van der Waals surface area contributed by atoms with Crippen molar-refractivity contribution in [3.63, 3.8) is 0 Å². The van der Waals surface area contributed by atoms with Gasteiger partial charge in [-0.05, 0) is 30.7 Å². The number of fused-ring (bicyclic) bond motifs is 2. The van der Waals surface area contributed by atoms with E-state index in [0.717, 1.165) is 52.5 Å². The molecule has 2 unspecified atom stereocenters. The van der Waals surface area contributed by atoms with E-state index in [0.29, 0.717) is 6.42 Å². The van der Waals surface area contributed by atoms with Crippen LogP contribution in [-0.2, 0) is 19.3 Å². The fraction of sp³-hybridized carbons (Fsp3) is 0.381. The fourth-order valence-corrected chi connectivity index (χ4v) is 4.75. The van der Waals surface area contributed by atoms with Crippen molar-refractivity contribution in [2.75, 3.05) is 20.8 Å². The van der Waals surface area contributed by atoms with Crippen molar-refractivity contribution in [1.29, 1.82) is 0 Å². The SMILES string of the molecule is COc1ccc(OC)c2c1CC(O)C(NCCc1nc3ccccc3s1)C2. The summed E-state index contributed by atoms with van der Waals surface area (Å²) in [5.74, 6) is 1.67. The zero-order valence-corrected chi connectivity index (χ0v) is 16.4. The van der Waals surface area contributed by atoms with E-state index < -0.39 is 6.10 Å². The summed E-state index contributed by atoms with van der Waals surface area (Å²) in [5.41, 5.74) is 3.23. The Morgan fingerprint density at radius 2 is 1.78 bits per heavy atom. The molecule has 0 amide bonds. The van der Waals surface area contributed by atoms with E-state index in [2.05, 4.69) is 16.4 Å². The molecule has 27 heavy (non-hydrogen) atoms. The van der Waals surface area contributed by atoms with Crippen LogP contribution in [0, 0.1) is 0 Å². The Labute approximate surface area is 163 Å². The number of methoxy groups -OCH3 is 2. The molecule has 0 aliphatic heterocycles. The first-order valence-corrected chi connectivity index (χ1v) is 10.00. The van der Waals surface area contributed by atoms with Crippen LogP contribution in [0.15, 0.2) is 36.4 Å². The smallest absolute Gasteiger partial charge is 0.122 e. The number of hydrogen-bond acceptors (Lipinski definition) is 6. The molecule has 1 aromatic heterocycles. The molecule has 0 saturated carbocycles. The molecule has 142 valence electrons. The summed E-state index contributed by atoms with van der Waals surface area (Å²) in [6.45, 7) is 0.781. The van der Waals surface area contributed by atoms with E-state index in [4.69, 9.17) is 9.47 Å². The van der Waals surface area contributed by atoms with Gasteiger partial charge in [-0.2, -0.15) is 0 Å². The molecule has 0 fully saturated rings. The van der Waals surface area contributed by atoms with Crippen molar-refractivity contribution >= 4 is 21.6 Å². The fourth-order valence-electron chi connectivity index (χ4n) is 3.79. The van der Waals surface area contributed by atoms with Gasteiger partial charge >= 0.3 is 0 Å². The quantitative estimate of drug-likeness (QED) is 0.684. The number of nitrogens with zero attached hydrogens (tertiary/aromatic N) is 1. The summed E-state index contributed by atoms with van der Waals surface area (Å²) in [7, 11) is 3.35. The Morgan fingerprint density at radius 1 is 1.07 bits per heavy atom. The Kier molecular flexibility index (Phi) is 5.29. The molecule has 2 aromatic carbocycles. The van der Waals surface area contributed by atoms with Crippen LogP contribution < -0.4 is 14.8 Å². The second kappa shape index (κ2) is 7.84. The minimum absolute atomic E-state index is 0.00659. The number of nitrogens with one attached hydrogen (secondary N) is 1. The van der Waals surface area contributed by atoms with E-state index in [9.17, 15) is 5.11 Å². The summed E-state index contributed by atoms with van der Waals surface area (Å²) < 4.78 is 12.2. The zero-order valence-electron chi connectivity index (χ0n) is 15.6. The predicted molar refractivity (Wildman–Crippen MR) is 108 cm³/mol. The van der Waals surface area contributed by atoms with Gasteiger partial charge in [0, 0.05) is 36.6 Å².